The van der Waals surface area contributed by atoms with Crippen LogP contribution in [0.3, 0.4) is 0 Å². The van der Waals surface area contributed by atoms with E-state index >= 15 is 0 Å². The fraction of sp³-hybridized carbons (Fsp3) is 0.909. The molecular formula is C11H19NO. The van der Waals surface area contributed by atoms with E-state index in [-0.39, 0.29) is 5.91 Å². The predicted octanol–water partition coefficient (Wildman–Crippen LogP) is 2.24. The molecule has 2 heteroatoms. The lowest BCUT2D eigenvalue weighted by Crippen LogP contribution is -2.25. The molecule has 0 saturated heterocycles. The maximum Gasteiger partial charge on any atom is 0.220 e. The van der Waals surface area contributed by atoms with E-state index in [1.165, 1.54) is 38.5 Å². The summed E-state index contributed by atoms with van der Waals surface area (Å²) in [5, 5.41) is 3.04. The molecule has 0 aliphatic heterocycles. The third-order valence-corrected chi connectivity index (χ3v) is 3.20. The first-order valence-electron chi connectivity index (χ1n) is 5.64. The lowest BCUT2D eigenvalue weighted by Gasteiger charge is -2.08. The van der Waals surface area contributed by atoms with Crippen LogP contribution in [0.1, 0.15) is 51.4 Å². The van der Waals surface area contributed by atoms with Gasteiger partial charge in [-0.3, -0.25) is 4.79 Å². The van der Waals surface area contributed by atoms with Crippen LogP contribution in [0.25, 0.3) is 0 Å². The molecule has 0 atom stereocenters. The molecule has 2 rings (SSSR count). The summed E-state index contributed by atoms with van der Waals surface area (Å²) in [7, 11) is 0. The van der Waals surface area contributed by atoms with Gasteiger partial charge in [0.05, 0.1) is 0 Å². The summed E-state index contributed by atoms with van der Waals surface area (Å²) in [5.41, 5.74) is 0. The Morgan fingerprint density at radius 3 is 2.46 bits per heavy atom. The van der Waals surface area contributed by atoms with Crippen molar-refractivity contribution in [2.75, 3.05) is 0 Å². The summed E-state index contributed by atoms with van der Waals surface area (Å²) in [4.78, 5) is 11.3. The van der Waals surface area contributed by atoms with Gasteiger partial charge in [0.15, 0.2) is 0 Å². The van der Waals surface area contributed by atoms with Crippen LogP contribution in [0.2, 0.25) is 0 Å². The second-order valence-corrected chi connectivity index (χ2v) is 4.53. The molecule has 2 fully saturated rings. The number of hydrogen-bond acceptors (Lipinski definition) is 1. The minimum atomic E-state index is 0.286. The van der Waals surface area contributed by atoms with Crippen LogP contribution in [0.15, 0.2) is 0 Å². The van der Waals surface area contributed by atoms with Crippen molar-refractivity contribution in [2.24, 2.45) is 5.92 Å². The molecule has 2 aliphatic carbocycles. The Balaban J connectivity index is 1.57. The van der Waals surface area contributed by atoms with Crippen LogP contribution in [0, 0.1) is 5.92 Å². The highest BCUT2D eigenvalue weighted by molar-refractivity contribution is 5.76. The summed E-state index contributed by atoms with van der Waals surface area (Å²) in [5.74, 6) is 1.14. The van der Waals surface area contributed by atoms with Crippen molar-refractivity contribution in [2.45, 2.75) is 57.4 Å². The summed E-state index contributed by atoms with van der Waals surface area (Å²) < 4.78 is 0. The summed E-state index contributed by atoms with van der Waals surface area (Å²) in [6.07, 6.45) is 9.78. The Bertz CT molecular complexity index is 181. The zero-order valence-electron chi connectivity index (χ0n) is 8.22. The Morgan fingerprint density at radius 1 is 1.15 bits per heavy atom. The van der Waals surface area contributed by atoms with Gasteiger partial charge in [0.1, 0.15) is 0 Å². The van der Waals surface area contributed by atoms with Gasteiger partial charge in [0.2, 0.25) is 5.91 Å². The SMILES string of the molecule is O=C(CCC1CCCC1)NC1CC1. The highest BCUT2D eigenvalue weighted by atomic mass is 16.1. The molecule has 0 heterocycles. The van der Waals surface area contributed by atoms with Gasteiger partial charge in [-0.05, 0) is 25.2 Å². The quantitative estimate of drug-likeness (QED) is 0.708. The van der Waals surface area contributed by atoms with Gasteiger partial charge in [0.25, 0.3) is 0 Å². The molecule has 0 aromatic rings. The van der Waals surface area contributed by atoms with Crippen LogP contribution < -0.4 is 5.32 Å². The molecular weight excluding hydrogens is 162 g/mol. The topological polar surface area (TPSA) is 29.1 Å². The molecule has 74 valence electrons. The minimum Gasteiger partial charge on any atom is -0.353 e. The highest BCUT2D eigenvalue weighted by Crippen LogP contribution is 2.28. The van der Waals surface area contributed by atoms with Gasteiger partial charge in [-0.1, -0.05) is 25.7 Å². The molecule has 0 bridgehead atoms. The van der Waals surface area contributed by atoms with Crippen molar-refractivity contribution < 1.29 is 4.79 Å². The van der Waals surface area contributed by atoms with E-state index in [0.29, 0.717) is 6.04 Å². The summed E-state index contributed by atoms with van der Waals surface area (Å²) in [6, 6.07) is 0.538. The lowest BCUT2D eigenvalue weighted by atomic mass is 10.0. The largest absolute Gasteiger partial charge is 0.353 e. The predicted molar refractivity (Wildman–Crippen MR) is 52.4 cm³/mol. The number of carbonyl (C=O) groups is 1. The van der Waals surface area contributed by atoms with Gasteiger partial charge >= 0.3 is 0 Å². The molecule has 0 aromatic carbocycles. The van der Waals surface area contributed by atoms with E-state index in [4.69, 9.17) is 0 Å². The number of rotatable bonds is 4. The number of hydrogen-bond donors (Lipinski definition) is 1. The molecule has 2 aliphatic rings. The summed E-state index contributed by atoms with van der Waals surface area (Å²) in [6.45, 7) is 0. The van der Waals surface area contributed by atoms with Crippen molar-refractivity contribution in [3.63, 3.8) is 0 Å². The van der Waals surface area contributed by atoms with Gasteiger partial charge < -0.3 is 5.32 Å². The first-order valence-corrected chi connectivity index (χ1v) is 5.64. The average molecular weight is 181 g/mol. The van der Waals surface area contributed by atoms with E-state index in [1.807, 2.05) is 0 Å². The third kappa shape index (κ3) is 3.02. The standard InChI is InChI=1S/C11H19NO/c13-11(12-10-6-7-10)8-5-9-3-1-2-4-9/h9-10H,1-8H2,(H,12,13). The van der Waals surface area contributed by atoms with E-state index in [9.17, 15) is 4.79 Å². The lowest BCUT2D eigenvalue weighted by molar-refractivity contribution is -0.121. The monoisotopic (exact) mass is 181 g/mol. The molecule has 2 saturated carbocycles. The summed E-state index contributed by atoms with van der Waals surface area (Å²) >= 11 is 0. The van der Waals surface area contributed by atoms with Crippen molar-refractivity contribution in [1.82, 2.24) is 5.32 Å². The van der Waals surface area contributed by atoms with E-state index in [1.54, 1.807) is 0 Å². The Labute approximate surface area is 80.1 Å². The van der Waals surface area contributed by atoms with Crippen LogP contribution in [0.4, 0.5) is 0 Å². The second-order valence-electron chi connectivity index (χ2n) is 4.53. The first-order chi connectivity index (χ1) is 6.34. The first kappa shape index (κ1) is 9.04. The average Bonchev–Trinajstić information content (AvgIpc) is 2.78. The molecule has 2 nitrogen and oxygen atoms in total. The van der Waals surface area contributed by atoms with Gasteiger partial charge in [-0.15, -0.1) is 0 Å². The minimum absolute atomic E-state index is 0.286. The molecule has 13 heavy (non-hydrogen) atoms. The fourth-order valence-electron chi connectivity index (χ4n) is 2.16. The van der Waals surface area contributed by atoms with Crippen LogP contribution in [0.5, 0.6) is 0 Å². The number of carbonyl (C=O) groups excluding carboxylic acids is 1. The molecule has 1 N–H and O–H groups in total. The molecule has 0 unspecified atom stereocenters. The third-order valence-electron chi connectivity index (χ3n) is 3.20. The van der Waals surface area contributed by atoms with Gasteiger partial charge in [-0.25, -0.2) is 0 Å². The normalized spacial score (nSPS) is 23.4. The van der Waals surface area contributed by atoms with E-state index < -0.39 is 0 Å². The number of nitrogens with one attached hydrogen (secondary N) is 1. The zero-order valence-corrected chi connectivity index (χ0v) is 8.22. The molecule has 1 amide bonds. The van der Waals surface area contributed by atoms with Gasteiger partial charge in [-0.2, -0.15) is 0 Å². The molecule has 0 radical (unpaired) electrons. The second kappa shape index (κ2) is 4.12. The maximum atomic E-state index is 11.3. The van der Waals surface area contributed by atoms with Gasteiger partial charge in [0, 0.05) is 12.5 Å². The van der Waals surface area contributed by atoms with Crippen LogP contribution in [-0.2, 0) is 4.79 Å². The van der Waals surface area contributed by atoms with Crippen LogP contribution >= 0.6 is 0 Å². The highest BCUT2D eigenvalue weighted by Gasteiger charge is 2.23. The van der Waals surface area contributed by atoms with Crippen molar-refractivity contribution >= 4 is 5.91 Å². The van der Waals surface area contributed by atoms with Crippen molar-refractivity contribution in [1.29, 1.82) is 0 Å². The number of amides is 1. The molecule has 0 spiro atoms. The maximum absolute atomic E-state index is 11.3. The van der Waals surface area contributed by atoms with Crippen LogP contribution in [-0.4, -0.2) is 11.9 Å². The van der Waals surface area contributed by atoms with E-state index in [0.717, 1.165) is 18.8 Å². The Morgan fingerprint density at radius 2 is 1.85 bits per heavy atom. The van der Waals surface area contributed by atoms with Crippen molar-refractivity contribution in [3.8, 4) is 0 Å². The smallest absolute Gasteiger partial charge is 0.220 e. The zero-order chi connectivity index (χ0) is 9.10. The fourth-order valence-corrected chi connectivity index (χ4v) is 2.16. The Hall–Kier alpha value is -0.530. The Kier molecular flexibility index (Phi) is 2.87. The van der Waals surface area contributed by atoms with Crippen molar-refractivity contribution in [3.05, 3.63) is 0 Å². The molecule has 0 aromatic heterocycles. The van der Waals surface area contributed by atoms with E-state index in [2.05, 4.69) is 5.32 Å².